The Kier molecular flexibility index (Phi) is 6.79. The van der Waals surface area contributed by atoms with Gasteiger partial charge < -0.3 is 10.4 Å². The Morgan fingerprint density at radius 2 is 1.58 bits per heavy atom. The molecule has 31 heavy (non-hydrogen) atoms. The summed E-state index contributed by atoms with van der Waals surface area (Å²) < 4.78 is 94.7. The molecule has 2 heterocycles. The Labute approximate surface area is 178 Å². The monoisotopic (exact) mass is 489 g/mol. The zero-order valence-electron chi connectivity index (χ0n) is 16.4. The van der Waals surface area contributed by atoms with Gasteiger partial charge in [0.2, 0.25) is 0 Å². The Hall–Kier alpha value is -2.19. The Bertz CT molecular complexity index is 1060. The summed E-state index contributed by atoms with van der Waals surface area (Å²) in [6.07, 6.45) is -10.4. The zero-order valence-corrected chi connectivity index (χ0v) is 18.1. The molecule has 0 saturated carbocycles. The fourth-order valence-corrected chi connectivity index (χ4v) is 4.55. The largest absolute Gasteiger partial charge is 0.433 e. The number of thiol groups is 1. The van der Waals surface area contributed by atoms with Gasteiger partial charge in [0.1, 0.15) is 11.4 Å². The molecule has 0 bridgehead atoms. The first-order valence-corrected chi connectivity index (χ1v) is 10.5. The third kappa shape index (κ3) is 5.74. The van der Waals surface area contributed by atoms with Crippen LogP contribution < -0.4 is 5.32 Å². The van der Waals surface area contributed by atoms with E-state index in [1.807, 2.05) is 5.32 Å². The second-order valence-electron chi connectivity index (χ2n) is 6.97. The molecule has 0 fully saturated rings. The van der Waals surface area contributed by atoms with Gasteiger partial charge in [0, 0.05) is 11.1 Å². The highest BCUT2D eigenvalue weighted by Gasteiger charge is 2.42. The van der Waals surface area contributed by atoms with Crippen LogP contribution in [-0.2, 0) is 28.5 Å². The number of urea groups is 1. The second kappa shape index (κ2) is 8.39. The highest BCUT2D eigenvalue weighted by molar-refractivity contribution is 7.78. The maximum absolute atomic E-state index is 13.2. The minimum absolute atomic E-state index is 0.0948. The molecule has 2 amide bonds. The van der Waals surface area contributed by atoms with E-state index < -0.39 is 62.8 Å². The molecule has 6 nitrogen and oxygen atoms in total. The molecule has 0 aliphatic carbocycles. The van der Waals surface area contributed by atoms with Gasteiger partial charge in [-0.1, -0.05) is 0 Å². The number of rotatable bonds is 3. The Morgan fingerprint density at radius 3 is 1.97 bits per heavy atom. The topological polar surface area (TPSA) is 91.7 Å². The standard InChI is InChI=1S/C17H17F6N3O3S2/c1-7-11(8(2)13(17(21,22)23)25-12(7)16(18,19)20)24-14(27)26-31(29)10-5-9(6-30-10)15(3,4)28/h5-6,28,31H,1-4H3,(H,24,25,27). The molecule has 14 heteroatoms. The number of nitrogens with one attached hydrogen (secondary N) is 1. The van der Waals surface area contributed by atoms with Crippen LogP contribution in [0.5, 0.6) is 0 Å². The number of alkyl halides is 6. The lowest BCUT2D eigenvalue weighted by Crippen LogP contribution is -2.21. The first-order valence-electron chi connectivity index (χ1n) is 8.39. The van der Waals surface area contributed by atoms with Crippen LogP contribution in [0.1, 0.15) is 41.9 Å². The van der Waals surface area contributed by atoms with Crippen LogP contribution in [-0.4, -0.2) is 20.3 Å². The van der Waals surface area contributed by atoms with Crippen LogP contribution in [0.2, 0.25) is 0 Å². The minimum atomic E-state index is -5.20. The highest BCUT2D eigenvalue weighted by Crippen LogP contribution is 2.40. The number of aromatic nitrogens is 1. The van der Waals surface area contributed by atoms with Gasteiger partial charge in [-0.2, -0.15) is 26.3 Å². The summed E-state index contributed by atoms with van der Waals surface area (Å²) in [7, 11) is -2.71. The van der Waals surface area contributed by atoms with Crippen molar-refractivity contribution in [1.82, 2.24) is 4.98 Å². The number of carbonyl (C=O) groups is 1. The molecule has 2 rings (SSSR count). The SMILES string of the molecule is Cc1c(C(F)(F)F)nc(C(F)(F)F)c(C)c1NC(=O)/N=[SH](=O)/c1cc(C(C)(C)O)cs1. The van der Waals surface area contributed by atoms with Crippen LogP contribution in [0.25, 0.3) is 0 Å². The van der Waals surface area contributed by atoms with Crippen LogP contribution in [0, 0.1) is 13.8 Å². The molecule has 0 radical (unpaired) electrons. The molecule has 2 aromatic heterocycles. The van der Waals surface area contributed by atoms with Gasteiger partial charge in [0.05, 0.1) is 26.1 Å². The number of halogens is 6. The quantitative estimate of drug-likeness (QED) is 0.404. The molecular weight excluding hydrogens is 472 g/mol. The van der Waals surface area contributed by atoms with Crippen molar-refractivity contribution in [2.75, 3.05) is 5.32 Å². The van der Waals surface area contributed by atoms with Crippen molar-refractivity contribution in [3.05, 3.63) is 39.5 Å². The van der Waals surface area contributed by atoms with E-state index in [2.05, 4.69) is 9.35 Å². The second-order valence-corrected chi connectivity index (χ2v) is 9.41. The van der Waals surface area contributed by atoms with E-state index in [-0.39, 0.29) is 4.21 Å². The Morgan fingerprint density at radius 1 is 1.10 bits per heavy atom. The van der Waals surface area contributed by atoms with Crippen LogP contribution in [0.3, 0.4) is 0 Å². The van der Waals surface area contributed by atoms with E-state index in [9.17, 15) is 40.5 Å². The van der Waals surface area contributed by atoms with E-state index in [0.717, 1.165) is 25.2 Å². The molecule has 0 saturated heterocycles. The number of carbonyl (C=O) groups excluding carboxylic acids is 1. The summed E-state index contributed by atoms with van der Waals surface area (Å²) in [5.41, 5.74) is -6.71. The number of nitrogens with zero attached hydrogens (tertiary/aromatic N) is 2. The number of pyridine rings is 1. The molecule has 1 atom stereocenters. The van der Waals surface area contributed by atoms with Crippen LogP contribution >= 0.6 is 11.3 Å². The minimum Gasteiger partial charge on any atom is -0.386 e. The summed E-state index contributed by atoms with van der Waals surface area (Å²) in [4.78, 5) is 14.8. The number of hydrogen-bond donors (Lipinski definition) is 3. The molecule has 0 aliphatic rings. The first kappa shape index (κ1) is 25.1. The number of amides is 2. The molecular formula is C17H17F6N3O3S2. The highest BCUT2D eigenvalue weighted by atomic mass is 32.2. The predicted molar refractivity (Wildman–Crippen MR) is 103 cm³/mol. The lowest BCUT2D eigenvalue weighted by Gasteiger charge is -2.19. The van der Waals surface area contributed by atoms with E-state index in [0.29, 0.717) is 5.56 Å². The smallest absolute Gasteiger partial charge is 0.386 e. The van der Waals surface area contributed by atoms with Crippen molar-refractivity contribution in [3.8, 4) is 0 Å². The van der Waals surface area contributed by atoms with E-state index in [4.69, 9.17) is 0 Å². The lowest BCUT2D eigenvalue weighted by atomic mass is 10.0. The van der Waals surface area contributed by atoms with Crippen LogP contribution in [0.15, 0.2) is 20.0 Å². The summed E-state index contributed by atoms with van der Waals surface area (Å²) in [6, 6.07) is -0.0509. The van der Waals surface area contributed by atoms with Crippen molar-refractivity contribution in [2.24, 2.45) is 4.36 Å². The fourth-order valence-electron chi connectivity index (χ4n) is 2.55. The van der Waals surface area contributed by atoms with Gasteiger partial charge in [-0.05, 0) is 44.7 Å². The summed E-state index contributed by atoms with van der Waals surface area (Å²) in [5, 5.41) is 13.3. The van der Waals surface area contributed by atoms with Crippen LogP contribution in [0.4, 0.5) is 36.8 Å². The van der Waals surface area contributed by atoms with Gasteiger partial charge in [-0.3, -0.25) is 0 Å². The average Bonchev–Trinajstić information content (AvgIpc) is 3.06. The van der Waals surface area contributed by atoms with Crippen molar-refractivity contribution < 1.29 is 40.5 Å². The average molecular weight is 489 g/mol. The number of thiophene rings is 1. The maximum atomic E-state index is 13.2. The van der Waals surface area contributed by atoms with Gasteiger partial charge in [0.25, 0.3) is 0 Å². The molecule has 0 aromatic carbocycles. The van der Waals surface area contributed by atoms with Gasteiger partial charge in [-0.25, -0.2) is 14.0 Å². The normalized spacial score (nSPS) is 14.0. The van der Waals surface area contributed by atoms with Gasteiger partial charge in [-0.15, -0.1) is 15.7 Å². The molecule has 0 aliphatic heterocycles. The zero-order chi connectivity index (χ0) is 23.9. The van der Waals surface area contributed by atoms with E-state index in [1.165, 1.54) is 25.3 Å². The molecule has 1 unspecified atom stereocenters. The van der Waals surface area contributed by atoms with E-state index >= 15 is 0 Å². The fraction of sp³-hybridized carbons (Fsp3) is 0.412. The molecule has 2 N–H and O–H groups in total. The number of aliphatic hydroxyl groups is 1. The van der Waals surface area contributed by atoms with Gasteiger partial charge in [0.15, 0.2) is 0 Å². The van der Waals surface area contributed by atoms with Gasteiger partial charge >= 0.3 is 18.4 Å². The van der Waals surface area contributed by atoms with E-state index in [1.54, 1.807) is 0 Å². The van der Waals surface area contributed by atoms with Crippen molar-refractivity contribution >= 4 is 33.7 Å². The van der Waals surface area contributed by atoms with Crippen molar-refractivity contribution in [1.29, 1.82) is 0 Å². The summed E-state index contributed by atoms with van der Waals surface area (Å²) in [6.45, 7) is 4.66. The maximum Gasteiger partial charge on any atom is 0.433 e. The number of hydrogen-bond acceptors (Lipinski definition) is 5. The summed E-state index contributed by atoms with van der Waals surface area (Å²) in [5.74, 6) is 0. The third-order valence-electron chi connectivity index (χ3n) is 4.12. The molecule has 0 spiro atoms. The number of anilines is 1. The summed E-state index contributed by atoms with van der Waals surface area (Å²) >= 11 is 0.926. The third-order valence-corrected chi connectivity index (χ3v) is 6.50. The molecule has 2 aromatic rings. The van der Waals surface area contributed by atoms with Crippen molar-refractivity contribution in [3.63, 3.8) is 0 Å². The Balaban J connectivity index is 2.48. The lowest BCUT2D eigenvalue weighted by molar-refractivity contribution is -0.150. The molecule has 172 valence electrons. The van der Waals surface area contributed by atoms with Crippen molar-refractivity contribution in [2.45, 2.75) is 49.9 Å². The first-order chi connectivity index (χ1) is 13.9. The predicted octanol–water partition coefficient (Wildman–Crippen LogP) is 5.28.